The van der Waals surface area contributed by atoms with Crippen molar-refractivity contribution in [2.75, 3.05) is 11.1 Å². The van der Waals surface area contributed by atoms with E-state index in [1.165, 1.54) is 12.3 Å². The lowest BCUT2D eigenvalue weighted by molar-refractivity contribution is -0.113. The summed E-state index contributed by atoms with van der Waals surface area (Å²) in [6.07, 6.45) is 2.34. The fraction of sp³-hybridized carbons (Fsp3) is 0.188. The maximum atomic E-state index is 12.0. The SMILES string of the molecule is CCc1ccccc1NC(=O)CSc1ncccc1C(=O)O. The lowest BCUT2D eigenvalue weighted by Crippen LogP contribution is -2.15. The van der Waals surface area contributed by atoms with Crippen molar-refractivity contribution in [3.8, 4) is 0 Å². The molecule has 2 N–H and O–H groups in total. The summed E-state index contributed by atoms with van der Waals surface area (Å²) in [5.41, 5.74) is 1.95. The molecule has 114 valence electrons. The number of anilines is 1. The molecule has 0 saturated heterocycles. The van der Waals surface area contributed by atoms with Crippen LogP contribution in [0.1, 0.15) is 22.8 Å². The van der Waals surface area contributed by atoms with Gasteiger partial charge in [0, 0.05) is 11.9 Å². The van der Waals surface area contributed by atoms with Gasteiger partial charge < -0.3 is 10.4 Å². The molecule has 1 aromatic carbocycles. The van der Waals surface area contributed by atoms with Crippen molar-refractivity contribution < 1.29 is 14.7 Å². The van der Waals surface area contributed by atoms with Crippen LogP contribution in [0.5, 0.6) is 0 Å². The number of benzene rings is 1. The third-order valence-electron chi connectivity index (χ3n) is 3.01. The quantitative estimate of drug-likeness (QED) is 0.801. The fourth-order valence-corrected chi connectivity index (χ4v) is 2.73. The van der Waals surface area contributed by atoms with Gasteiger partial charge in [0.1, 0.15) is 5.03 Å². The molecule has 0 radical (unpaired) electrons. The molecule has 0 unspecified atom stereocenters. The van der Waals surface area contributed by atoms with Gasteiger partial charge in [-0.3, -0.25) is 4.79 Å². The zero-order valence-electron chi connectivity index (χ0n) is 12.1. The monoisotopic (exact) mass is 316 g/mol. The van der Waals surface area contributed by atoms with Crippen LogP contribution in [0, 0.1) is 0 Å². The molecule has 0 atom stereocenters. The van der Waals surface area contributed by atoms with Crippen LogP contribution in [0.2, 0.25) is 0 Å². The Balaban J connectivity index is 2.00. The van der Waals surface area contributed by atoms with Crippen molar-refractivity contribution in [1.82, 2.24) is 4.98 Å². The minimum atomic E-state index is -1.05. The highest BCUT2D eigenvalue weighted by Crippen LogP contribution is 2.21. The molecule has 1 aromatic heterocycles. The summed E-state index contributed by atoms with van der Waals surface area (Å²) in [5.74, 6) is -1.13. The molecule has 0 aliphatic rings. The first kappa shape index (κ1) is 16.0. The van der Waals surface area contributed by atoms with E-state index >= 15 is 0 Å². The number of carboxylic acid groups (broad SMARTS) is 1. The second kappa shape index (κ2) is 7.61. The Morgan fingerprint density at radius 2 is 2.00 bits per heavy atom. The first-order valence-electron chi connectivity index (χ1n) is 6.80. The van der Waals surface area contributed by atoms with Crippen LogP contribution in [0.3, 0.4) is 0 Å². The zero-order chi connectivity index (χ0) is 15.9. The normalized spacial score (nSPS) is 10.2. The van der Waals surface area contributed by atoms with Crippen LogP contribution in [0.4, 0.5) is 5.69 Å². The second-order valence-electron chi connectivity index (χ2n) is 4.51. The van der Waals surface area contributed by atoms with Crippen LogP contribution in [-0.2, 0) is 11.2 Å². The van der Waals surface area contributed by atoms with E-state index in [1.807, 2.05) is 31.2 Å². The fourth-order valence-electron chi connectivity index (χ4n) is 1.94. The second-order valence-corrected chi connectivity index (χ2v) is 5.47. The summed E-state index contributed by atoms with van der Waals surface area (Å²) in [6, 6.07) is 10.6. The van der Waals surface area contributed by atoms with Gasteiger partial charge >= 0.3 is 5.97 Å². The van der Waals surface area contributed by atoms with Crippen molar-refractivity contribution in [2.45, 2.75) is 18.4 Å². The molecule has 2 aromatic rings. The number of nitrogens with one attached hydrogen (secondary N) is 1. The van der Waals surface area contributed by atoms with Crippen LogP contribution in [-0.4, -0.2) is 27.7 Å². The number of aromatic nitrogens is 1. The molecule has 5 nitrogen and oxygen atoms in total. The lowest BCUT2D eigenvalue weighted by Gasteiger charge is -2.09. The molecule has 0 aliphatic heterocycles. The number of thioether (sulfide) groups is 1. The van der Waals surface area contributed by atoms with Crippen molar-refractivity contribution in [3.05, 3.63) is 53.7 Å². The Morgan fingerprint density at radius 1 is 1.23 bits per heavy atom. The molecule has 22 heavy (non-hydrogen) atoms. The topological polar surface area (TPSA) is 79.3 Å². The Labute approximate surface area is 132 Å². The minimum Gasteiger partial charge on any atom is -0.478 e. The van der Waals surface area contributed by atoms with Gasteiger partial charge in [-0.25, -0.2) is 9.78 Å². The van der Waals surface area contributed by atoms with Gasteiger partial charge in [-0.05, 0) is 30.2 Å². The molecule has 0 saturated carbocycles. The van der Waals surface area contributed by atoms with Crippen LogP contribution in [0.25, 0.3) is 0 Å². The maximum Gasteiger partial charge on any atom is 0.338 e. The van der Waals surface area contributed by atoms with Crippen molar-refractivity contribution in [3.63, 3.8) is 0 Å². The summed E-state index contributed by atoms with van der Waals surface area (Å²) in [4.78, 5) is 27.1. The zero-order valence-corrected chi connectivity index (χ0v) is 12.9. The van der Waals surface area contributed by atoms with Gasteiger partial charge in [0.15, 0.2) is 0 Å². The lowest BCUT2D eigenvalue weighted by atomic mass is 10.1. The Morgan fingerprint density at radius 3 is 2.73 bits per heavy atom. The summed E-state index contributed by atoms with van der Waals surface area (Å²) >= 11 is 1.11. The molecule has 0 fully saturated rings. The van der Waals surface area contributed by atoms with Crippen LogP contribution >= 0.6 is 11.8 Å². The molecular formula is C16H16N2O3S. The van der Waals surface area contributed by atoms with Gasteiger partial charge in [0.2, 0.25) is 5.91 Å². The summed E-state index contributed by atoms with van der Waals surface area (Å²) in [7, 11) is 0. The van der Waals surface area contributed by atoms with E-state index in [0.29, 0.717) is 5.03 Å². The highest BCUT2D eigenvalue weighted by Gasteiger charge is 2.13. The average molecular weight is 316 g/mol. The number of hydrogen-bond acceptors (Lipinski definition) is 4. The molecule has 0 bridgehead atoms. The van der Waals surface area contributed by atoms with Gasteiger partial charge in [-0.1, -0.05) is 36.9 Å². The highest BCUT2D eigenvalue weighted by atomic mass is 32.2. The number of aryl methyl sites for hydroxylation is 1. The summed E-state index contributed by atoms with van der Waals surface area (Å²) < 4.78 is 0. The van der Waals surface area contributed by atoms with E-state index in [4.69, 9.17) is 5.11 Å². The molecule has 2 rings (SSSR count). The molecule has 1 amide bonds. The van der Waals surface area contributed by atoms with E-state index in [0.717, 1.165) is 29.4 Å². The van der Waals surface area contributed by atoms with Crippen LogP contribution in [0.15, 0.2) is 47.6 Å². The van der Waals surface area contributed by atoms with E-state index in [2.05, 4.69) is 10.3 Å². The third kappa shape index (κ3) is 4.08. The first-order valence-corrected chi connectivity index (χ1v) is 7.79. The average Bonchev–Trinajstić information content (AvgIpc) is 2.53. The third-order valence-corrected chi connectivity index (χ3v) is 4.02. The molecule has 1 heterocycles. The number of carboxylic acids is 1. The van der Waals surface area contributed by atoms with Crippen LogP contribution < -0.4 is 5.32 Å². The Hall–Kier alpha value is -2.34. The number of hydrogen-bond donors (Lipinski definition) is 2. The number of nitrogens with zero attached hydrogens (tertiary/aromatic N) is 1. The number of carbonyl (C=O) groups is 2. The van der Waals surface area contributed by atoms with E-state index in [9.17, 15) is 9.59 Å². The number of pyridine rings is 1. The van der Waals surface area contributed by atoms with Gasteiger partial charge in [0.25, 0.3) is 0 Å². The predicted octanol–water partition coefficient (Wildman–Crippen LogP) is 3.07. The number of para-hydroxylation sites is 1. The van der Waals surface area contributed by atoms with Gasteiger partial charge in [0.05, 0.1) is 11.3 Å². The van der Waals surface area contributed by atoms with E-state index in [1.54, 1.807) is 6.07 Å². The van der Waals surface area contributed by atoms with Crippen molar-refractivity contribution in [1.29, 1.82) is 0 Å². The highest BCUT2D eigenvalue weighted by molar-refractivity contribution is 8.00. The molecule has 0 spiro atoms. The maximum absolute atomic E-state index is 12.0. The summed E-state index contributed by atoms with van der Waals surface area (Å²) in [6.45, 7) is 2.02. The Bertz CT molecular complexity index is 689. The number of carbonyl (C=O) groups excluding carboxylic acids is 1. The predicted molar refractivity (Wildman–Crippen MR) is 86.4 cm³/mol. The van der Waals surface area contributed by atoms with E-state index < -0.39 is 5.97 Å². The van der Waals surface area contributed by atoms with Crippen molar-refractivity contribution >= 4 is 29.3 Å². The first-order chi connectivity index (χ1) is 10.6. The minimum absolute atomic E-state index is 0.106. The largest absolute Gasteiger partial charge is 0.478 e. The molecular weight excluding hydrogens is 300 g/mol. The van der Waals surface area contributed by atoms with Crippen molar-refractivity contribution in [2.24, 2.45) is 0 Å². The number of aromatic carboxylic acids is 1. The van der Waals surface area contributed by atoms with Gasteiger partial charge in [-0.2, -0.15) is 0 Å². The molecule has 6 heteroatoms. The summed E-state index contributed by atoms with van der Waals surface area (Å²) in [5, 5.41) is 12.3. The Kier molecular flexibility index (Phi) is 5.55. The van der Waals surface area contributed by atoms with E-state index in [-0.39, 0.29) is 17.2 Å². The standard InChI is InChI=1S/C16H16N2O3S/c1-2-11-6-3-4-8-13(11)18-14(19)10-22-15-12(16(20)21)7-5-9-17-15/h3-9H,2,10H2,1H3,(H,18,19)(H,20,21). The smallest absolute Gasteiger partial charge is 0.338 e. The molecule has 0 aliphatic carbocycles. The number of amides is 1. The number of rotatable bonds is 6. The van der Waals surface area contributed by atoms with Gasteiger partial charge in [-0.15, -0.1) is 0 Å².